The summed E-state index contributed by atoms with van der Waals surface area (Å²) in [4.78, 5) is 13.1. The third-order valence-corrected chi connectivity index (χ3v) is 2.93. The number of carbonyl (C=O) groups is 1. The summed E-state index contributed by atoms with van der Waals surface area (Å²) in [6, 6.07) is 4.58. The van der Waals surface area contributed by atoms with E-state index in [0.717, 1.165) is 0 Å². The number of rotatable bonds is 7. The molecule has 0 radical (unpaired) electrons. The van der Waals surface area contributed by atoms with Crippen LogP contribution in [-0.2, 0) is 9.53 Å². The van der Waals surface area contributed by atoms with Crippen LogP contribution >= 0.6 is 11.6 Å². The van der Waals surface area contributed by atoms with Gasteiger partial charge in [0.2, 0.25) is 5.91 Å². The van der Waals surface area contributed by atoms with Gasteiger partial charge in [0.05, 0.1) is 5.69 Å². The maximum atomic E-state index is 12.4. The minimum Gasteiger partial charge on any atom is -0.482 e. The molecule has 0 saturated carbocycles. The van der Waals surface area contributed by atoms with Crippen molar-refractivity contribution < 1.29 is 27.4 Å². The van der Waals surface area contributed by atoms with Gasteiger partial charge in [-0.15, -0.1) is 11.6 Å². The van der Waals surface area contributed by atoms with Crippen molar-refractivity contribution in [2.75, 3.05) is 30.7 Å². The van der Waals surface area contributed by atoms with Gasteiger partial charge in [-0.3, -0.25) is 9.69 Å². The van der Waals surface area contributed by atoms with E-state index < -0.39 is 18.7 Å². The molecule has 0 aliphatic heterocycles. The average molecular weight is 340 g/mol. The molecule has 1 amide bonds. The molecule has 0 saturated heterocycles. The zero-order chi connectivity index (χ0) is 16.8. The molecular formula is C14H17ClF3NO3. The van der Waals surface area contributed by atoms with Crippen LogP contribution in [0.5, 0.6) is 5.75 Å². The lowest BCUT2D eigenvalue weighted by Crippen LogP contribution is -2.35. The van der Waals surface area contributed by atoms with Crippen LogP contribution in [0, 0.1) is 6.92 Å². The number of ether oxygens (including phenoxy) is 2. The van der Waals surface area contributed by atoms with Crippen molar-refractivity contribution in [2.45, 2.75) is 20.0 Å². The number of amides is 1. The molecule has 0 aliphatic rings. The Hall–Kier alpha value is -1.47. The molecule has 0 aromatic heterocycles. The van der Waals surface area contributed by atoms with Gasteiger partial charge in [0.15, 0.2) is 6.61 Å². The van der Waals surface area contributed by atoms with Gasteiger partial charge >= 0.3 is 6.18 Å². The SMILES string of the molecule is CCOCN(C(=O)CCl)c1c(C)cccc1OCC(F)(F)F. The summed E-state index contributed by atoms with van der Waals surface area (Å²) in [5, 5.41) is 0. The smallest absolute Gasteiger partial charge is 0.422 e. The molecule has 1 rings (SSSR count). The van der Waals surface area contributed by atoms with Crippen LogP contribution in [0.2, 0.25) is 0 Å². The van der Waals surface area contributed by atoms with Crippen LogP contribution in [0.25, 0.3) is 0 Å². The lowest BCUT2D eigenvalue weighted by molar-refractivity contribution is -0.153. The Kier molecular flexibility index (Phi) is 6.96. The van der Waals surface area contributed by atoms with Crippen molar-refractivity contribution in [1.29, 1.82) is 0 Å². The third kappa shape index (κ3) is 5.38. The first-order chi connectivity index (χ1) is 10.3. The van der Waals surface area contributed by atoms with Crippen molar-refractivity contribution in [3.63, 3.8) is 0 Å². The minimum absolute atomic E-state index is 0.0458. The third-order valence-electron chi connectivity index (χ3n) is 2.70. The number of carbonyl (C=O) groups excluding carboxylic acids is 1. The zero-order valence-electron chi connectivity index (χ0n) is 12.2. The summed E-state index contributed by atoms with van der Waals surface area (Å²) >= 11 is 5.56. The minimum atomic E-state index is -4.47. The number of nitrogens with zero attached hydrogens (tertiary/aromatic N) is 1. The Labute approximate surface area is 131 Å². The average Bonchev–Trinajstić information content (AvgIpc) is 2.46. The van der Waals surface area contributed by atoms with Crippen LogP contribution in [0.1, 0.15) is 12.5 Å². The molecule has 0 bridgehead atoms. The molecule has 4 nitrogen and oxygen atoms in total. The van der Waals surface area contributed by atoms with Gasteiger partial charge in [0.1, 0.15) is 18.4 Å². The van der Waals surface area contributed by atoms with Crippen molar-refractivity contribution in [3.05, 3.63) is 23.8 Å². The summed E-state index contributed by atoms with van der Waals surface area (Å²) in [6.07, 6.45) is -4.47. The molecule has 1 aromatic rings. The molecule has 124 valence electrons. The topological polar surface area (TPSA) is 38.8 Å². The summed E-state index contributed by atoms with van der Waals surface area (Å²) in [5.74, 6) is -0.850. The lowest BCUT2D eigenvalue weighted by Gasteiger charge is -2.26. The molecule has 22 heavy (non-hydrogen) atoms. The van der Waals surface area contributed by atoms with Crippen molar-refractivity contribution in [1.82, 2.24) is 0 Å². The van der Waals surface area contributed by atoms with E-state index in [1.807, 2.05) is 0 Å². The number of para-hydroxylation sites is 1. The van der Waals surface area contributed by atoms with E-state index in [1.54, 1.807) is 26.0 Å². The van der Waals surface area contributed by atoms with Gasteiger partial charge in [-0.2, -0.15) is 13.2 Å². The first-order valence-corrected chi connectivity index (χ1v) is 7.06. The normalized spacial score (nSPS) is 11.4. The number of hydrogen-bond acceptors (Lipinski definition) is 3. The zero-order valence-corrected chi connectivity index (χ0v) is 13.0. The van der Waals surface area contributed by atoms with Crippen molar-refractivity contribution >= 4 is 23.2 Å². The number of benzene rings is 1. The monoisotopic (exact) mass is 339 g/mol. The van der Waals surface area contributed by atoms with Crippen LogP contribution in [0.4, 0.5) is 18.9 Å². The molecule has 0 spiro atoms. The molecule has 1 aromatic carbocycles. The number of aryl methyl sites for hydroxylation is 1. The fraction of sp³-hybridized carbons (Fsp3) is 0.500. The predicted octanol–water partition coefficient (Wildman–Crippen LogP) is 3.50. The Morgan fingerprint density at radius 3 is 2.59 bits per heavy atom. The first kappa shape index (κ1) is 18.6. The van der Waals surface area contributed by atoms with Gasteiger partial charge in [-0.25, -0.2) is 0 Å². The fourth-order valence-corrected chi connectivity index (χ4v) is 1.91. The Morgan fingerprint density at radius 1 is 1.36 bits per heavy atom. The maximum absolute atomic E-state index is 12.4. The fourth-order valence-electron chi connectivity index (χ4n) is 1.77. The Morgan fingerprint density at radius 2 is 2.05 bits per heavy atom. The maximum Gasteiger partial charge on any atom is 0.422 e. The molecular weight excluding hydrogens is 323 g/mol. The molecule has 0 fully saturated rings. The van der Waals surface area contributed by atoms with E-state index in [1.165, 1.54) is 11.0 Å². The van der Waals surface area contributed by atoms with E-state index in [-0.39, 0.29) is 24.0 Å². The largest absolute Gasteiger partial charge is 0.482 e. The van der Waals surface area contributed by atoms with E-state index in [4.69, 9.17) is 21.1 Å². The highest BCUT2D eigenvalue weighted by Gasteiger charge is 2.30. The van der Waals surface area contributed by atoms with Gasteiger partial charge in [0, 0.05) is 6.61 Å². The van der Waals surface area contributed by atoms with Crippen molar-refractivity contribution in [3.8, 4) is 5.75 Å². The van der Waals surface area contributed by atoms with Gasteiger partial charge in [-0.05, 0) is 25.5 Å². The molecule has 8 heteroatoms. The molecule has 0 heterocycles. The summed E-state index contributed by atoms with van der Waals surface area (Å²) in [5.41, 5.74) is 0.809. The van der Waals surface area contributed by atoms with Crippen LogP contribution < -0.4 is 9.64 Å². The Balaban J connectivity index is 3.14. The molecule has 0 aliphatic carbocycles. The molecule has 0 unspecified atom stereocenters. The van der Waals surface area contributed by atoms with Crippen LogP contribution in [0.15, 0.2) is 18.2 Å². The number of anilines is 1. The van der Waals surface area contributed by atoms with Gasteiger partial charge < -0.3 is 9.47 Å². The van der Waals surface area contributed by atoms with Crippen molar-refractivity contribution in [2.24, 2.45) is 0 Å². The molecule has 0 atom stereocenters. The van der Waals surface area contributed by atoms with Gasteiger partial charge in [0.25, 0.3) is 0 Å². The second-order valence-corrected chi connectivity index (χ2v) is 4.67. The summed E-state index contributed by atoms with van der Waals surface area (Å²) in [6.45, 7) is 2.19. The number of alkyl halides is 4. The summed E-state index contributed by atoms with van der Waals surface area (Å²) in [7, 11) is 0. The van der Waals surface area contributed by atoms with Crippen LogP contribution in [-0.4, -0.2) is 37.9 Å². The van der Waals surface area contributed by atoms with Crippen LogP contribution in [0.3, 0.4) is 0 Å². The van der Waals surface area contributed by atoms with E-state index >= 15 is 0 Å². The highest BCUT2D eigenvalue weighted by atomic mass is 35.5. The summed E-state index contributed by atoms with van der Waals surface area (Å²) < 4.78 is 47.1. The second-order valence-electron chi connectivity index (χ2n) is 4.40. The van der Waals surface area contributed by atoms with E-state index in [0.29, 0.717) is 12.2 Å². The molecule has 0 N–H and O–H groups in total. The van der Waals surface area contributed by atoms with E-state index in [9.17, 15) is 18.0 Å². The first-order valence-electron chi connectivity index (χ1n) is 6.53. The Bertz CT molecular complexity index is 509. The number of halogens is 4. The quantitative estimate of drug-likeness (QED) is 0.564. The standard InChI is InChI=1S/C14H17ClF3NO3/c1-3-21-9-19(12(20)7-15)13-10(2)5-4-6-11(13)22-8-14(16,17)18/h4-6H,3,7-9H2,1-2H3. The number of hydrogen-bond donors (Lipinski definition) is 0. The highest BCUT2D eigenvalue weighted by Crippen LogP contribution is 2.33. The van der Waals surface area contributed by atoms with E-state index in [2.05, 4.69) is 0 Å². The van der Waals surface area contributed by atoms with Gasteiger partial charge in [-0.1, -0.05) is 12.1 Å². The lowest BCUT2D eigenvalue weighted by atomic mass is 10.1. The second kappa shape index (κ2) is 8.24. The highest BCUT2D eigenvalue weighted by molar-refractivity contribution is 6.29. The predicted molar refractivity (Wildman–Crippen MR) is 77.4 cm³/mol.